The van der Waals surface area contributed by atoms with Crippen molar-refractivity contribution in [3.05, 3.63) is 107 Å². The predicted octanol–water partition coefficient (Wildman–Crippen LogP) is 5.89. The first-order chi connectivity index (χ1) is 14.8. The molecule has 4 rings (SSSR count). The Labute approximate surface area is 182 Å². The molecule has 0 aliphatic carbocycles. The van der Waals surface area contributed by atoms with Crippen molar-refractivity contribution in [3.63, 3.8) is 0 Å². The number of aliphatic hydroxyl groups excluding tert-OH is 1. The molecule has 30 heavy (non-hydrogen) atoms. The van der Waals surface area contributed by atoms with Crippen LogP contribution in [0, 0.1) is 0 Å². The highest BCUT2D eigenvalue weighted by Crippen LogP contribution is 2.33. The van der Waals surface area contributed by atoms with Crippen LogP contribution in [0.2, 0.25) is 0 Å². The maximum absolute atomic E-state index is 9.25. The molecule has 1 fully saturated rings. The number of aliphatic imine (C=N–C) groups is 1. The first-order valence-electron chi connectivity index (χ1n) is 10.3. The smallest absolute Gasteiger partial charge is 0.169 e. The summed E-state index contributed by atoms with van der Waals surface area (Å²) in [7, 11) is 0. The molecule has 0 aromatic heterocycles. The van der Waals surface area contributed by atoms with E-state index in [1.807, 2.05) is 42.5 Å². The van der Waals surface area contributed by atoms with Crippen molar-refractivity contribution in [2.24, 2.45) is 4.99 Å². The summed E-state index contributed by atoms with van der Waals surface area (Å²) in [6.45, 7) is 1.94. The molecule has 0 radical (unpaired) electrons. The molecule has 1 heterocycles. The molecular weight excluding hydrogens is 388 g/mol. The average Bonchev–Trinajstić information content (AvgIpc) is 3.16. The average molecular weight is 415 g/mol. The van der Waals surface area contributed by atoms with Gasteiger partial charge in [0.25, 0.3) is 0 Å². The van der Waals surface area contributed by atoms with E-state index in [0.717, 1.165) is 47.9 Å². The van der Waals surface area contributed by atoms with Crippen molar-refractivity contribution in [1.82, 2.24) is 4.90 Å². The number of rotatable bonds is 7. The van der Waals surface area contributed by atoms with E-state index in [2.05, 4.69) is 53.4 Å². The third-order valence-electron chi connectivity index (χ3n) is 5.05. The summed E-state index contributed by atoms with van der Waals surface area (Å²) in [4.78, 5) is 8.59. The van der Waals surface area contributed by atoms with E-state index in [4.69, 9.17) is 4.99 Å². The lowest BCUT2D eigenvalue weighted by Gasteiger charge is -2.17. The first kappa shape index (κ1) is 20.5. The van der Waals surface area contributed by atoms with Crippen LogP contribution in [0.4, 0.5) is 5.69 Å². The molecular formula is C26H26N2OS. The minimum atomic E-state index is 0.0781. The van der Waals surface area contributed by atoms with Gasteiger partial charge in [-0.1, -0.05) is 84.6 Å². The highest BCUT2D eigenvalue weighted by molar-refractivity contribution is 8.17. The summed E-state index contributed by atoms with van der Waals surface area (Å²) >= 11 is 1.75. The van der Waals surface area contributed by atoms with Crippen molar-refractivity contribution in [3.8, 4) is 0 Å². The maximum Gasteiger partial charge on any atom is 0.169 e. The van der Waals surface area contributed by atoms with E-state index in [1.165, 1.54) is 10.5 Å². The molecule has 1 saturated heterocycles. The van der Waals surface area contributed by atoms with E-state index >= 15 is 0 Å². The molecule has 0 unspecified atom stereocenters. The van der Waals surface area contributed by atoms with Gasteiger partial charge in [0, 0.05) is 11.4 Å². The number of para-hydroxylation sites is 1. The van der Waals surface area contributed by atoms with Gasteiger partial charge in [-0.2, -0.15) is 0 Å². The zero-order valence-corrected chi connectivity index (χ0v) is 17.8. The van der Waals surface area contributed by atoms with Crippen LogP contribution in [-0.4, -0.2) is 28.3 Å². The van der Waals surface area contributed by atoms with Gasteiger partial charge in [-0.15, -0.1) is 0 Å². The number of benzene rings is 3. The minimum absolute atomic E-state index is 0.0781. The zero-order chi connectivity index (χ0) is 20.6. The van der Waals surface area contributed by atoms with Crippen LogP contribution in [-0.2, 0) is 13.0 Å². The molecule has 4 heteroatoms. The molecule has 1 N–H and O–H groups in total. The Kier molecular flexibility index (Phi) is 7.01. The van der Waals surface area contributed by atoms with E-state index < -0.39 is 0 Å². The second-order valence-corrected chi connectivity index (χ2v) is 8.45. The zero-order valence-electron chi connectivity index (χ0n) is 16.9. The quantitative estimate of drug-likeness (QED) is 0.524. The van der Waals surface area contributed by atoms with Crippen LogP contribution in [0.3, 0.4) is 0 Å². The van der Waals surface area contributed by atoms with E-state index in [-0.39, 0.29) is 6.61 Å². The summed E-state index contributed by atoms with van der Waals surface area (Å²) in [5, 5.41) is 10.3. The number of amidine groups is 1. The number of aliphatic hydroxyl groups is 1. The Bertz CT molecular complexity index is 998. The molecule has 0 spiro atoms. The molecule has 0 atom stereocenters. The van der Waals surface area contributed by atoms with E-state index in [1.54, 1.807) is 11.8 Å². The molecule has 0 bridgehead atoms. The van der Waals surface area contributed by atoms with Gasteiger partial charge in [0.1, 0.15) is 0 Å². The SMILES string of the molecule is OCc1ccc(/C=C2/CN(CCCc3ccccc3)C(=Nc3ccccc3)S2)cc1. The van der Waals surface area contributed by atoms with Gasteiger partial charge in [-0.25, -0.2) is 4.99 Å². The molecule has 3 aromatic rings. The Morgan fingerprint density at radius 2 is 1.57 bits per heavy atom. The van der Waals surface area contributed by atoms with Gasteiger partial charge in [-0.3, -0.25) is 0 Å². The highest BCUT2D eigenvalue weighted by Gasteiger charge is 2.23. The normalized spacial score (nSPS) is 16.5. The fourth-order valence-electron chi connectivity index (χ4n) is 3.45. The van der Waals surface area contributed by atoms with E-state index in [9.17, 15) is 5.11 Å². The topological polar surface area (TPSA) is 35.8 Å². The minimum Gasteiger partial charge on any atom is -0.392 e. The van der Waals surface area contributed by atoms with Crippen LogP contribution in [0.25, 0.3) is 6.08 Å². The van der Waals surface area contributed by atoms with Crippen LogP contribution in [0.1, 0.15) is 23.1 Å². The lowest BCUT2D eigenvalue weighted by molar-refractivity contribution is 0.282. The third-order valence-corrected chi connectivity index (χ3v) is 6.09. The van der Waals surface area contributed by atoms with Crippen molar-refractivity contribution in [2.45, 2.75) is 19.4 Å². The molecule has 1 aliphatic rings. The molecule has 0 saturated carbocycles. The Hall–Kier alpha value is -2.82. The van der Waals surface area contributed by atoms with Gasteiger partial charge in [-0.05, 0) is 47.7 Å². The highest BCUT2D eigenvalue weighted by atomic mass is 32.2. The van der Waals surface area contributed by atoms with Gasteiger partial charge in [0.2, 0.25) is 0 Å². The second-order valence-electron chi connectivity index (χ2n) is 7.35. The fourth-order valence-corrected chi connectivity index (χ4v) is 4.54. The third kappa shape index (κ3) is 5.62. The number of thioether (sulfide) groups is 1. The Morgan fingerprint density at radius 3 is 2.27 bits per heavy atom. The van der Waals surface area contributed by atoms with Crippen molar-refractivity contribution in [2.75, 3.05) is 13.1 Å². The first-order valence-corrected chi connectivity index (χ1v) is 11.1. The van der Waals surface area contributed by atoms with Crippen LogP contribution in [0.15, 0.2) is 94.8 Å². The van der Waals surface area contributed by atoms with Crippen LogP contribution < -0.4 is 0 Å². The van der Waals surface area contributed by atoms with Crippen molar-refractivity contribution < 1.29 is 5.11 Å². The Balaban J connectivity index is 1.49. The standard InChI is InChI=1S/C26H26N2OS/c29-20-23-15-13-22(14-16-23)18-25-19-28(17-7-10-21-8-3-1-4-9-21)26(30-25)27-24-11-5-2-6-12-24/h1-6,8-9,11-16,18,29H,7,10,17,19-20H2/b25-18-,27-26?. The summed E-state index contributed by atoms with van der Waals surface area (Å²) in [5.41, 5.74) is 4.46. The number of nitrogens with zero attached hydrogens (tertiary/aromatic N) is 2. The molecule has 152 valence electrons. The maximum atomic E-state index is 9.25. The number of hydrogen-bond donors (Lipinski definition) is 1. The monoisotopic (exact) mass is 414 g/mol. The molecule has 3 nitrogen and oxygen atoms in total. The summed E-state index contributed by atoms with van der Waals surface area (Å²) in [5.74, 6) is 0. The van der Waals surface area contributed by atoms with Gasteiger partial charge in [0.05, 0.1) is 18.8 Å². The predicted molar refractivity (Wildman–Crippen MR) is 128 cm³/mol. The summed E-state index contributed by atoms with van der Waals surface area (Å²) < 4.78 is 0. The summed E-state index contributed by atoms with van der Waals surface area (Å²) in [6.07, 6.45) is 4.39. The van der Waals surface area contributed by atoms with Gasteiger partial charge in [0.15, 0.2) is 5.17 Å². The van der Waals surface area contributed by atoms with Crippen molar-refractivity contribution in [1.29, 1.82) is 0 Å². The molecule has 0 amide bonds. The molecule has 3 aromatic carbocycles. The van der Waals surface area contributed by atoms with Gasteiger partial charge >= 0.3 is 0 Å². The second kappa shape index (κ2) is 10.3. The lowest BCUT2D eigenvalue weighted by Crippen LogP contribution is -2.25. The molecule has 1 aliphatic heterocycles. The van der Waals surface area contributed by atoms with Gasteiger partial charge < -0.3 is 10.0 Å². The van der Waals surface area contributed by atoms with Crippen LogP contribution >= 0.6 is 11.8 Å². The summed E-state index contributed by atoms with van der Waals surface area (Å²) in [6, 6.07) is 28.9. The fraction of sp³-hybridized carbons (Fsp3) is 0.192. The largest absolute Gasteiger partial charge is 0.392 e. The lowest BCUT2D eigenvalue weighted by atomic mass is 10.1. The van der Waals surface area contributed by atoms with E-state index in [0.29, 0.717) is 0 Å². The van der Waals surface area contributed by atoms with Crippen LogP contribution in [0.5, 0.6) is 0 Å². The van der Waals surface area contributed by atoms with Crippen molar-refractivity contribution >= 4 is 28.7 Å². The number of hydrogen-bond acceptors (Lipinski definition) is 3. The Morgan fingerprint density at radius 1 is 0.867 bits per heavy atom. The number of aryl methyl sites for hydroxylation is 1.